The highest BCUT2D eigenvalue weighted by Crippen LogP contribution is 2.52. The molecule has 0 bridgehead atoms. The van der Waals surface area contributed by atoms with Crippen LogP contribution in [0.2, 0.25) is 0 Å². The van der Waals surface area contributed by atoms with Crippen LogP contribution in [0.15, 0.2) is 18.7 Å². The maximum atomic E-state index is 12.2. The van der Waals surface area contributed by atoms with Crippen LogP contribution in [0.4, 0.5) is 4.79 Å². The zero-order valence-electron chi connectivity index (χ0n) is 9.24. The summed E-state index contributed by atoms with van der Waals surface area (Å²) in [4.78, 5) is 28.6. The van der Waals surface area contributed by atoms with Gasteiger partial charge in [0.1, 0.15) is 12.4 Å². The van der Waals surface area contributed by atoms with Crippen LogP contribution in [0.3, 0.4) is 0 Å². The fourth-order valence-electron chi connectivity index (χ4n) is 2.75. The third-order valence-corrected chi connectivity index (χ3v) is 3.78. The second kappa shape index (κ2) is 3.32. The van der Waals surface area contributed by atoms with E-state index in [4.69, 9.17) is 0 Å². The third kappa shape index (κ3) is 1.44. The molecule has 1 amide bonds. The van der Waals surface area contributed by atoms with Crippen LogP contribution < -0.4 is 0 Å². The van der Waals surface area contributed by atoms with E-state index < -0.39 is 12.1 Å². The van der Waals surface area contributed by atoms with Gasteiger partial charge >= 0.3 is 6.09 Å². The number of carbonyl (C=O) groups is 2. The summed E-state index contributed by atoms with van der Waals surface area (Å²) >= 11 is 0. The lowest BCUT2D eigenvalue weighted by atomic mass is 10.2. The predicted octanol–water partition coefficient (Wildman–Crippen LogP) is 1.20. The number of rotatable bonds is 1. The van der Waals surface area contributed by atoms with Crippen LogP contribution in [-0.2, 0) is 0 Å². The van der Waals surface area contributed by atoms with Gasteiger partial charge in [0.05, 0.1) is 0 Å². The van der Waals surface area contributed by atoms with Crippen molar-refractivity contribution in [3.63, 3.8) is 0 Å². The normalized spacial score (nSPS) is 25.2. The van der Waals surface area contributed by atoms with Gasteiger partial charge in [-0.1, -0.05) is 0 Å². The molecule has 1 aromatic rings. The van der Waals surface area contributed by atoms with Crippen LogP contribution in [0.25, 0.3) is 0 Å². The van der Waals surface area contributed by atoms with E-state index in [9.17, 15) is 14.7 Å². The van der Waals surface area contributed by atoms with Gasteiger partial charge in [-0.05, 0) is 25.7 Å². The average Bonchev–Trinajstić information content (AvgIpc) is 2.78. The van der Waals surface area contributed by atoms with Crippen molar-refractivity contribution < 1.29 is 14.7 Å². The molecule has 2 fully saturated rings. The maximum Gasteiger partial charge on any atom is 0.408 e. The average molecular weight is 235 g/mol. The molecular weight excluding hydrogens is 222 g/mol. The Hall–Kier alpha value is -1.85. The SMILES string of the molecule is O=C(O)N1[C@@H](C(=O)n2ccnc2)CCC12CC2. The lowest BCUT2D eigenvalue weighted by molar-refractivity contribution is 0.0704. The highest BCUT2D eigenvalue weighted by molar-refractivity contribution is 5.88. The minimum absolute atomic E-state index is 0.200. The van der Waals surface area contributed by atoms with Gasteiger partial charge < -0.3 is 5.11 Å². The number of likely N-dealkylation sites (tertiary alicyclic amines) is 1. The van der Waals surface area contributed by atoms with Crippen molar-refractivity contribution >= 4 is 12.0 Å². The molecule has 1 saturated heterocycles. The van der Waals surface area contributed by atoms with Gasteiger partial charge in [0.15, 0.2) is 0 Å². The predicted molar refractivity (Wildman–Crippen MR) is 57.7 cm³/mol. The Morgan fingerprint density at radius 2 is 2.12 bits per heavy atom. The molecular formula is C11H13N3O3. The van der Waals surface area contributed by atoms with E-state index >= 15 is 0 Å². The highest BCUT2D eigenvalue weighted by atomic mass is 16.4. The Bertz CT molecular complexity index is 464. The molecule has 2 heterocycles. The van der Waals surface area contributed by atoms with Gasteiger partial charge in [0, 0.05) is 17.9 Å². The molecule has 3 rings (SSSR count). The Morgan fingerprint density at radius 3 is 2.65 bits per heavy atom. The first-order valence-corrected chi connectivity index (χ1v) is 5.68. The van der Waals surface area contributed by atoms with Gasteiger partial charge in [-0.15, -0.1) is 0 Å². The molecule has 0 radical (unpaired) electrons. The molecule has 1 aliphatic heterocycles. The molecule has 1 saturated carbocycles. The fourth-order valence-corrected chi connectivity index (χ4v) is 2.75. The number of carbonyl (C=O) groups excluding carboxylic acids is 1. The summed E-state index contributed by atoms with van der Waals surface area (Å²) in [5, 5.41) is 9.25. The van der Waals surface area contributed by atoms with Gasteiger partial charge in [0.25, 0.3) is 5.91 Å². The Balaban J connectivity index is 1.88. The van der Waals surface area contributed by atoms with Crippen LogP contribution in [0.5, 0.6) is 0 Å². The van der Waals surface area contributed by atoms with Crippen molar-refractivity contribution in [2.24, 2.45) is 0 Å². The van der Waals surface area contributed by atoms with E-state index in [1.54, 1.807) is 6.20 Å². The maximum absolute atomic E-state index is 12.2. The molecule has 90 valence electrons. The summed E-state index contributed by atoms with van der Waals surface area (Å²) in [6, 6.07) is -0.552. The molecule has 1 aliphatic carbocycles. The van der Waals surface area contributed by atoms with Gasteiger partial charge in [-0.2, -0.15) is 0 Å². The quantitative estimate of drug-likeness (QED) is 0.793. The molecule has 1 aromatic heterocycles. The van der Waals surface area contributed by atoms with Crippen molar-refractivity contribution in [3.8, 4) is 0 Å². The first-order chi connectivity index (χ1) is 8.14. The second-order valence-electron chi connectivity index (χ2n) is 4.74. The van der Waals surface area contributed by atoms with E-state index in [0.717, 1.165) is 19.3 Å². The van der Waals surface area contributed by atoms with Crippen molar-refractivity contribution in [3.05, 3.63) is 18.7 Å². The van der Waals surface area contributed by atoms with Crippen molar-refractivity contribution in [2.45, 2.75) is 37.3 Å². The van der Waals surface area contributed by atoms with E-state index in [-0.39, 0.29) is 11.4 Å². The molecule has 2 aliphatic rings. The van der Waals surface area contributed by atoms with Crippen LogP contribution in [-0.4, -0.2) is 43.1 Å². The number of hydrogen-bond acceptors (Lipinski definition) is 3. The summed E-state index contributed by atoms with van der Waals surface area (Å²) < 4.78 is 1.36. The molecule has 1 N–H and O–H groups in total. The third-order valence-electron chi connectivity index (χ3n) is 3.78. The van der Waals surface area contributed by atoms with Crippen molar-refractivity contribution in [2.75, 3.05) is 0 Å². The fraction of sp³-hybridized carbons (Fsp3) is 0.545. The van der Waals surface area contributed by atoms with Crippen molar-refractivity contribution in [1.29, 1.82) is 0 Å². The minimum atomic E-state index is -0.988. The molecule has 6 nitrogen and oxygen atoms in total. The summed E-state index contributed by atoms with van der Waals surface area (Å²) in [5.41, 5.74) is -0.243. The number of carboxylic acid groups (broad SMARTS) is 1. The lowest BCUT2D eigenvalue weighted by Gasteiger charge is -2.26. The van der Waals surface area contributed by atoms with Crippen LogP contribution >= 0.6 is 0 Å². The standard InChI is InChI=1S/C11H13N3O3/c15-9(13-6-5-12-7-13)8-1-2-11(3-4-11)14(8)10(16)17/h5-8H,1-4H2,(H,16,17)/t8-/m1/s1. The molecule has 0 aromatic carbocycles. The molecule has 17 heavy (non-hydrogen) atoms. The first-order valence-electron chi connectivity index (χ1n) is 5.68. The summed E-state index contributed by atoms with van der Waals surface area (Å²) in [7, 11) is 0. The Labute approximate surface area is 97.9 Å². The van der Waals surface area contributed by atoms with E-state index in [1.165, 1.54) is 22.0 Å². The monoisotopic (exact) mass is 235 g/mol. The van der Waals surface area contributed by atoms with Crippen molar-refractivity contribution in [1.82, 2.24) is 14.5 Å². The molecule has 0 unspecified atom stereocenters. The van der Waals surface area contributed by atoms with Gasteiger partial charge in [0.2, 0.25) is 0 Å². The molecule has 1 atom stereocenters. The largest absolute Gasteiger partial charge is 0.465 e. The number of nitrogens with zero attached hydrogens (tertiary/aromatic N) is 3. The number of imidazole rings is 1. The number of hydrogen-bond donors (Lipinski definition) is 1. The zero-order chi connectivity index (χ0) is 12.0. The second-order valence-corrected chi connectivity index (χ2v) is 4.74. The smallest absolute Gasteiger partial charge is 0.408 e. The van der Waals surface area contributed by atoms with Gasteiger partial charge in [-0.25, -0.2) is 9.78 Å². The van der Waals surface area contributed by atoms with E-state index in [0.29, 0.717) is 6.42 Å². The molecule has 1 spiro atoms. The summed E-state index contributed by atoms with van der Waals surface area (Å²) in [6.07, 6.45) is 6.68. The van der Waals surface area contributed by atoms with E-state index in [2.05, 4.69) is 4.98 Å². The van der Waals surface area contributed by atoms with Crippen LogP contribution in [0, 0.1) is 0 Å². The van der Waals surface area contributed by atoms with E-state index in [1.807, 2.05) is 0 Å². The first kappa shape index (κ1) is 10.3. The number of amides is 1. The Morgan fingerprint density at radius 1 is 1.35 bits per heavy atom. The summed E-state index contributed by atoms with van der Waals surface area (Å²) in [5.74, 6) is -0.200. The molecule has 6 heteroatoms. The zero-order valence-corrected chi connectivity index (χ0v) is 9.24. The topological polar surface area (TPSA) is 75.4 Å². The summed E-state index contributed by atoms with van der Waals surface area (Å²) in [6.45, 7) is 0. The number of aromatic nitrogens is 2. The lowest BCUT2D eigenvalue weighted by Crippen LogP contribution is -2.46. The van der Waals surface area contributed by atoms with Crippen LogP contribution in [0.1, 0.15) is 30.5 Å². The van der Waals surface area contributed by atoms with Gasteiger partial charge in [-0.3, -0.25) is 14.3 Å². The minimum Gasteiger partial charge on any atom is -0.465 e. The Kier molecular flexibility index (Phi) is 2.01. The highest BCUT2D eigenvalue weighted by Gasteiger charge is 2.58.